The molecule has 2 aromatic carbocycles. The maximum atomic E-state index is 12.7. The smallest absolute Gasteiger partial charge is 0.416 e. The molecular formula is C17H16F3N3O2S. The van der Waals surface area contributed by atoms with Crippen molar-refractivity contribution in [1.29, 1.82) is 0 Å². The number of benzene rings is 2. The van der Waals surface area contributed by atoms with Crippen LogP contribution in [-0.4, -0.2) is 17.6 Å². The number of alkyl halides is 3. The second-order valence-corrected chi connectivity index (χ2v) is 5.48. The van der Waals surface area contributed by atoms with E-state index in [0.29, 0.717) is 17.9 Å². The lowest BCUT2D eigenvalue weighted by Gasteiger charge is -2.13. The lowest BCUT2D eigenvalue weighted by molar-refractivity contribution is -0.137. The molecule has 0 bridgehead atoms. The number of halogens is 3. The Balaban J connectivity index is 1.89. The number of rotatable bonds is 4. The van der Waals surface area contributed by atoms with Crippen molar-refractivity contribution in [3.8, 4) is 5.75 Å². The van der Waals surface area contributed by atoms with Crippen LogP contribution >= 0.6 is 12.2 Å². The number of hydrogen-bond donors (Lipinski definition) is 3. The van der Waals surface area contributed by atoms with Gasteiger partial charge in [0.15, 0.2) is 5.11 Å². The number of carbonyl (C=O) groups excluding carboxylic acids is 1. The fraction of sp³-hybridized carbons (Fsp3) is 0.176. The number of hydrogen-bond acceptors (Lipinski definition) is 3. The molecule has 0 unspecified atom stereocenters. The molecule has 0 heterocycles. The van der Waals surface area contributed by atoms with Gasteiger partial charge in [-0.1, -0.05) is 6.07 Å². The largest absolute Gasteiger partial charge is 0.494 e. The van der Waals surface area contributed by atoms with Crippen molar-refractivity contribution in [2.45, 2.75) is 13.1 Å². The average molecular weight is 383 g/mol. The minimum absolute atomic E-state index is 0.0522. The maximum Gasteiger partial charge on any atom is 0.416 e. The summed E-state index contributed by atoms with van der Waals surface area (Å²) in [4.78, 5) is 12.0. The normalized spacial score (nSPS) is 10.8. The number of amides is 1. The summed E-state index contributed by atoms with van der Waals surface area (Å²) in [6, 6.07) is 11.0. The molecule has 1 amide bonds. The Morgan fingerprint density at radius 3 is 2.42 bits per heavy atom. The Kier molecular flexibility index (Phi) is 6.40. The van der Waals surface area contributed by atoms with Crippen LogP contribution in [-0.2, 0) is 6.18 Å². The minimum atomic E-state index is -4.45. The Labute approximate surface area is 153 Å². The van der Waals surface area contributed by atoms with Crippen LogP contribution in [0.15, 0.2) is 48.5 Å². The number of hydrazine groups is 1. The number of carbonyl (C=O) groups is 1. The van der Waals surface area contributed by atoms with Crippen LogP contribution in [0.2, 0.25) is 0 Å². The Bertz CT molecular complexity index is 780. The Morgan fingerprint density at radius 1 is 1.12 bits per heavy atom. The third kappa shape index (κ3) is 5.62. The van der Waals surface area contributed by atoms with Gasteiger partial charge in [0.1, 0.15) is 5.75 Å². The molecule has 0 spiro atoms. The van der Waals surface area contributed by atoms with Gasteiger partial charge in [-0.3, -0.25) is 15.6 Å². The quantitative estimate of drug-likeness (QED) is 0.555. The lowest BCUT2D eigenvalue weighted by atomic mass is 10.2. The predicted octanol–water partition coefficient (Wildman–Crippen LogP) is 3.74. The summed E-state index contributed by atoms with van der Waals surface area (Å²) in [5, 5.41) is 2.52. The van der Waals surface area contributed by atoms with E-state index >= 15 is 0 Å². The molecule has 0 aliphatic rings. The number of nitrogens with one attached hydrogen (secondary N) is 3. The van der Waals surface area contributed by atoms with Crippen LogP contribution in [0.4, 0.5) is 18.9 Å². The summed E-state index contributed by atoms with van der Waals surface area (Å²) in [5.41, 5.74) is 4.50. The Hall–Kier alpha value is -2.81. The number of ether oxygens (including phenoxy) is 1. The van der Waals surface area contributed by atoms with Gasteiger partial charge in [-0.05, 0) is 61.6 Å². The van der Waals surface area contributed by atoms with Crippen LogP contribution < -0.4 is 20.9 Å². The van der Waals surface area contributed by atoms with Crippen LogP contribution in [0.3, 0.4) is 0 Å². The second-order valence-electron chi connectivity index (χ2n) is 5.07. The molecule has 0 atom stereocenters. The minimum Gasteiger partial charge on any atom is -0.494 e. The van der Waals surface area contributed by atoms with E-state index in [1.807, 2.05) is 6.92 Å². The van der Waals surface area contributed by atoms with Gasteiger partial charge in [0.25, 0.3) is 5.91 Å². The SMILES string of the molecule is CCOc1ccc(C(=O)NNC(=S)Nc2cccc(C(F)(F)F)c2)cc1. The molecule has 0 radical (unpaired) electrons. The molecule has 0 aliphatic carbocycles. The van der Waals surface area contributed by atoms with E-state index in [1.165, 1.54) is 12.1 Å². The third-order valence-electron chi connectivity index (χ3n) is 3.16. The first-order chi connectivity index (χ1) is 12.3. The van der Waals surface area contributed by atoms with E-state index in [-0.39, 0.29) is 10.8 Å². The van der Waals surface area contributed by atoms with Crippen LogP contribution in [0.5, 0.6) is 5.75 Å². The fourth-order valence-electron chi connectivity index (χ4n) is 1.99. The highest BCUT2D eigenvalue weighted by Gasteiger charge is 2.30. The second kappa shape index (κ2) is 8.52. The van der Waals surface area contributed by atoms with Crippen molar-refractivity contribution < 1.29 is 22.7 Å². The van der Waals surface area contributed by atoms with Crippen molar-refractivity contribution in [3.05, 3.63) is 59.7 Å². The van der Waals surface area contributed by atoms with Gasteiger partial charge < -0.3 is 10.1 Å². The molecule has 0 aromatic heterocycles. The van der Waals surface area contributed by atoms with Gasteiger partial charge in [-0.2, -0.15) is 13.2 Å². The monoisotopic (exact) mass is 383 g/mol. The molecule has 0 saturated heterocycles. The third-order valence-corrected chi connectivity index (χ3v) is 3.37. The van der Waals surface area contributed by atoms with Crippen molar-refractivity contribution in [2.75, 3.05) is 11.9 Å². The molecule has 5 nitrogen and oxygen atoms in total. The van der Waals surface area contributed by atoms with Crippen molar-refractivity contribution in [3.63, 3.8) is 0 Å². The first kappa shape index (κ1) is 19.5. The summed E-state index contributed by atoms with van der Waals surface area (Å²) >= 11 is 4.96. The highest BCUT2D eigenvalue weighted by Crippen LogP contribution is 2.30. The van der Waals surface area contributed by atoms with Gasteiger partial charge in [-0.25, -0.2) is 0 Å². The summed E-state index contributed by atoms with van der Waals surface area (Å²) < 4.78 is 43.3. The van der Waals surface area contributed by atoms with E-state index in [4.69, 9.17) is 17.0 Å². The van der Waals surface area contributed by atoms with E-state index in [9.17, 15) is 18.0 Å². The van der Waals surface area contributed by atoms with Crippen LogP contribution in [0.1, 0.15) is 22.8 Å². The molecule has 2 rings (SSSR count). The number of thiocarbonyl (C=S) groups is 1. The lowest BCUT2D eigenvalue weighted by Crippen LogP contribution is -2.43. The molecular weight excluding hydrogens is 367 g/mol. The standard InChI is InChI=1S/C17H16F3N3O2S/c1-2-25-14-8-6-11(7-9-14)15(24)22-23-16(26)21-13-5-3-4-12(10-13)17(18,19)20/h3-10H,2H2,1H3,(H,22,24)(H2,21,23,26). The molecule has 26 heavy (non-hydrogen) atoms. The highest BCUT2D eigenvalue weighted by atomic mass is 32.1. The summed E-state index contributed by atoms with van der Waals surface area (Å²) in [6.07, 6.45) is -4.45. The van der Waals surface area contributed by atoms with Crippen LogP contribution in [0.25, 0.3) is 0 Å². The predicted molar refractivity (Wildman–Crippen MR) is 95.9 cm³/mol. The van der Waals surface area contributed by atoms with Crippen molar-refractivity contribution in [2.24, 2.45) is 0 Å². The van der Waals surface area contributed by atoms with Gasteiger partial charge in [0.2, 0.25) is 0 Å². The van der Waals surface area contributed by atoms with E-state index < -0.39 is 17.6 Å². The van der Waals surface area contributed by atoms with Crippen molar-refractivity contribution in [1.82, 2.24) is 10.9 Å². The molecule has 3 N–H and O–H groups in total. The zero-order chi connectivity index (χ0) is 19.2. The summed E-state index contributed by atoms with van der Waals surface area (Å²) in [7, 11) is 0. The van der Waals surface area contributed by atoms with E-state index in [2.05, 4.69) is 16.2 Å². The van der Waals surface area contributed by atoms with E-state index in [0.717, 1.165) is 12.1 Å². The van der Waals surface area contributed by atoms with Gasteiger partial charge in [-0.15, -0.1) is 0 Å². The summed E-state index contributed by atoms with van der Waals surface area (Å²) in [6.45, 7) is 2.37. The number of anilines is 1. The summed E-state index contributed by atoms with van der Waals surface area (Å²) in [5.74, 6) is 0.181. The first-order valence-electron chi connectivity index (χ1n) is 7.57. The molecule has 0 fully saturated rings. The maximum absolute atomic E-state index is 12.7. The molecule has 138 valence electrons. The fourth-order valence-corrected chi connectivity index (χ4v) is 2.16. The molecule has 9 heteroatoms. The zero-order valence-electron chi connectivity index (χ0n) is 13.7. The van der Waals surface area contributed by atoms with Crippen molar-refractivity contribution >= 4 is 28.9 Å². The van der Waals surface area contributed by atoms with E-state index in [1.54, 1.807) is 24.3 Å². The van der Waals surface area contributed by atoms with Gasteiger partial charge in [0.05, 0.1) is 12.2 Å². The zero-order valence-corrected chi connectivity index (χ0v) is 14.5. The highest BCUT2D eigenvalue weighted by molar-refractivity contribution is 7.80. The van der Waals surface area contributed by atoms with Gasteiger partial charge >= 0.3 is 6.18 Å². The topological polar surface area (TPSA) is 62.4 Å². The average Bonchev–Trinajstić information content (AvgIpc) is 2.60. The van der Waals surface area contributed by atoms with Gasteiger partial charge in [0, 0.05) is 11.3 Å². The Morgan fingerprint density at radius 2 is 1.81 bits per heavy atom. The molecule has 2 aromatic rings. The molecule has 0 saturated carbocycles. The van der Waals surface area contributed by atoms with Crippen LogP contribution in [0, 0.1) is 0 Å². The first-order valence-corrected chi connectivity index (χ1v) is 7.98. The molecule has 0 aliphatic heterocycles.